The van der Waals surface area contributed by atoms with E-state index in [1.165, 1.54) is 23.5 Å². The summed E-state index contributed by atoms with van der Waals surface area (Å²) < 4.78 is 38.0. The Labute approximate surface area is 154 Å². The number of piperidine rings is 1. The largest absolute Gasteiger partial charge is 0.481 e. The van der Waals surface area contributed by atoms with Gasteiger partial charge in [-0.2, -0.15) is 13.2 Å². The van der Waals surface area contributed by atoms with E-state index < -0.39 is 17.7 Å². The molecular weight excluding hydrogens is 363 g/mol. The fourth-order valence-electron chi connectivity index (χ4n) is 3.41. The molecule has 3 nitrogen and oxygen atoms in total. The van der Waals surface area contributed by atoms with Crippen LogP contribution in [0.15, 0.2) is 36.4 Å². The molecule has 0 spiro atoms. The molecule has 1 fully saturated rings. The van der Waals surface area contributed by atoms with Crippen LogP contribution in [0.4, 0.5) is 13.2 Å². The third-order valence-electron chi connectivity index (χ3n) is 4.95. The molecule has 0 saturated carbocycles. The second-order valence-electron chi connectivity index (χ2n) is 6.64. The van der Waals surface area contributed by atoms with Crippen molar-refractivity contribution < 1.29 is 23.1 Å². The average molecular weight is 383 g/mol. The molecule has 26 heavy (non-hydrogen) atoms. The van der Waals surface area contributed by atoms with Gasteiger partial charge in [-0.15, -0.1) is 11.3 Å². The smallest absolute Gasteiger partial charge is 0.416 e. The zero-order valence-electron chi connectivity index (χ0n) is 14.3. The van der Waals surface area contributed by atoms with Gasteiger partial charge in [0.1, 0.15) is 0 Å². The molecule has 7 heteroatoms. The van der Waals surface area contributed by atoms with Crippen LogP contribution < -0.4 is 0 Å². The van der Waals surface area contributed by atoms with Crippen LogP contribution in [0.3, 0.4) is 0 Å². The number of nitrogens with zero attached hydrogens (tertiary/aromatic N) is 1. The molecular formula is C19H20F3NO2S. The lowest BCUT2D eigenvalue weighted by molar-refractivity contribution is -0.145. The molecule has 1 saturated heterocycles. The zero-order chi connectivity index (χ0) is 18.9. The van der Waals surface area contributed by atoms with E-state index in [0.29, 0.717) is 13.0 Å². The van der Waals surface area contributed by atoms with Crippen LogP contribution in [0.2, 0.25) is 0 Å². The Morgan fingerprint density at radius 3 is 2.54 bits per heavy atom. The summed E-state index contributed by atoms with van der Waals surface area (Å²) in [6, 6.07) is 9.02. The minimum Gasteiger partial charge on any atom is -0.481 e. The van der Waals surface area contributed by atoms with Gasteiger partial charge in [0.05, 0.1) is 11.5 Å². The molecule has 0 unspecified atom stereocenters. The van der Waals surface area contributed by atoms with E-state index in [0.717, 1.165) is 40.4 Å². The van der Waals surface area contributed by atoms with Gasteiger partial charge >= 0.3 is 12.1 Å². The summed E-state index contributed by atoms with van der Waals surface area (Å²) in [5.41, 5.74) is 0.101. The van der Waals surface area contributed by atoms with Crippen molar-refractivity contribution in [2.45, 2.75) is 38.5 Å². The maximum Gasteiger partial charge on any atom is 0.416 e. The lowest BCUT2D eigenvalue weighted by Crippen LogP contribution is -2.45. The summed E-state index contributed by atoms with van der Waals surface area (Å²) in [7, 11) is 0. The van der Waals surface area contributed by atoms with Gasteiger partial charge in [-0.05, 0) is 56.1 Å². The zero-order valence-corrected chi connectivity index (χ0v) is 15.1. The Morgan fingerprint density at radius 1 is 1.23 bits per heavy atom. The number of aliphatic carboxylic acids is 1. The molecule has 1 aliphatic heterocycles. The molecule has 0 radical (unpaired) electrons. The van der Waals surface area contributed by atoms with Gasteiger partial charge in [-0.3, -0.25) is 9.69 Å². The molecule has 3 rings (SSSR count). The van der Waals surface area contributed by atoms with E-state index in [4.69, 9.17) is 0 Å². The van der Waals surface area contributed by atoms with Crippen LogP contribution in [0.5, 0.6) is 0 Å². The normalized spacial score (nSPS) is 21.7. The fourth-order valence-corrected chi connectivity index (χ4v) is 4.45. The van der Waals surface area contributed by atoms with E-state index in [1.54, 1.807) is 0 Å². The van der Waals surface area contributed by atoms with Crippen LogP contribution in [-0.2, 0) is 17.5 Å². The number of carboxylic acids is 1. The van der Waals surface area contributed by atoms with Crippen LogP contribution in [0.1, 0.15) is 30.2 Å². The molecule has 2 aromatic rings. The highest BCUT2D eigenvalue weighted by atomic mass is 32.1. The second-order valence-corrected chi connectivity index (χ2v) is 7.81. The van der Waals surface area contributed by atoms with Gasteiger partial charge in [-0.25, -0.2) is 0 Å². The minimum absolute atomic E-state index is 0.0298. The summed E-state index contributed by atoms with van der Waals surface area (Å²) in [4.78, 5) is 15.5. The lowest BCUT2D eigenvalue weighted by Gasteiger charge is -2.37. The molecule has 140 valence electrons. The predicted octanol–water partition coefficient (Wildman–Crippen LogP) is 5.12. The van der Waals surface area contributed by atoms with Crippen molar-refractivity contribution >= 4 is 17.3 Å². The van der Waals surface area contributed by atoms with Crippen LogP contribution in [0.25, 0.3) is 10.4 Å². The molecule has 1 aromatic heterocycles. The number of thiophene rings is 1. The Hall–Kier alpha value is -1.86. The fraction of sp³-hybridized carbons (Fsp3) is 0.421. The van der Waals surface area contributed by atoms with Crippen molar-refractivity contribution in [1.29, 1.82) is 0 Å². The standard InChI is InChI=1S/C19H20F3NO2S/c1-12-16(18(24)25)3-2-10-23(12)11-15-8-9-17(26-15)13-4-6-14(7-5-13)19(20,21)22/h4-9,12,16H,2-3,10-11H2,1H3,(H,24,25)/t12-,16-/m1/s1. The Balaban J connectivity index is 1.71. The van der Waals surface area contributed by atoms with Crippen molar-refractivity contribution in [3.8, 4) is 10.4 Å². The molecule has 0 aliphatic carbocycles. The van der Waals surface area contributed by atoms with E-state index >= 15 is 0 Å². The number of hydrogen-bond donors (Lipinski definition) is 1. The molecule has 1 aromatic carbocycles. The van der Waals surface area contributed by atoms with Crippen LogP contribution in [0, 0.1) is 5.92 Å². The Kier molecular flexibility index (Phi) is 5.39. The first-order chi connectivity index (χ1) is 12.3. The van der Waals surface area contributed by atoms with Crippen molar-refractivity contribution in [2.24, 2.45) is 5.92 Å². The number of alkyl halides is 3. The highest BCUT2D eigenvalue weighted by Crippen LogP contribution is 2.34. The SMILES string of the molecule is C[C@@H]1[C@H](C(=O)O)CCCN1Cc1ccc(-c2ccc(C(F)(F)F)cc2)s1. The van der Waals surface area contributed by atoms with E-state index in [9.17, 15) is 23.1 Å². The first-order valence-electron chi connectivity index (χ1n) is 8.49. The molecule has 2 heterocycles. The number of benzene rings is 1. The molecule has 2 atom stereocenters. The summed E-state index contributed by atoms with van der Waals surface area (Å²) in [6.07, 6.45) is -2.77. The summed E-state index contributed by atoms with van der Waals surface area (Å²) in [5.74, 6) is -1.10. The van der Waals surface area contributed by atoms with Gasteiger partial charge in [0.2, 0.25) is 0 Å². The maximum absolute atomic E-state index is 12.7. The highest BCUT2D eigenvalue weighted by molar-refractivity contribution is 7.15. The lowest BCUT2D eigenvalue weighted by atomic mass is 9.90. The van der Waals surface area contributed by atoms with E-state index in [1.807, 2.05) is 19.1 Å². The van der Waals surface area contributed by atoms with Crippen molar-refractivity contribution in [3.63, 3.8) is 0 Å². The van der Waals surface area contributed by atoms with Gasteiger partial charge in [0, 0.05) is 22.3 Å². The Morgan fingerprint density at radius 2 is 1.92 bits per heavy atom. The third-order valence-corrected chi connectivity index (χ3v) is 6.07. The van der Waals surface area contributed by atoms with Crippen molar-refractivity contribution in [3.05, 3.63) is 46.8 Å². The van der Waals surface area contributed by atoms with Gasteiger partial charge in [-0.1, -0.05) is 12.1 Å². The number of carboxylic acid groups (broad SMARTS) is 1. The quantitative estimate of drug-likeness (QED) is 0.797. The van der Waals surface area contributed by atoms with Gasteiger partial charge < -0.3 is 5.11 Å². The van der Waals surface area contributed by atoms with Crippen LogP contribution in [-0.4, -0.2) is 28.6 Å². The number of hydrogen-bond acceptors (Lipinski definition) is 3. The van der Waals surface area contributed by atoms with Gasteiger partial charge in [0.15, 0.2) is 0 Å². The number of rotatable bonds is 4. The maximum atomic E-state index is 12.7. The van der Waals surface area contributed by atoms with Gasteiger partial charge in [0.25, 0.3) is 0 Å². The molecule has 1 aliphatic rings. The van der Waals surface area contributed by atoms with Crippen molar-refractivity contribution in [1.82, 2.24) is 4.90 Å². The minimum atomic E-state index is -4.33. The number of carbonyl (C=O) groups is 1. The number of likely N-dealkylation sites (tertiary alicyclic amines) is 1. The monoisotopic (exact) mass is 383 g/mol. The predicted molar refractivity (Wildman–Crippen MR) is 95.0 cm³/mol. The van der Waals surface area contributed by atoms with Crippen molar-refractivity contribution in [2.75, 3.05) is 6.54 Å². The average Bonchev–Trinajstić information content (AvgIpc) is 3.04. The first-order valence-corrected chi connectivity index (χ1v) is 9.30. The topological polar surface area (TPSA) is 40.5 Å². The molecule has 1 N–H and O–H groups in total. The summed E-state index contributed by atoms with van der Waals surface area (Å²) in [5, 5.41) is 9.32. The number of halogens is 3. The third kappa shape index (κ3) is 4.10. The molecule has 0 bridgehead atoms. The Bertz CT molecular complexity index is 770. The summed E-state index contributed by atoms with van der Waals surface area (Å²) in [6.45, 7) is 3.47. The van der Waals surface area contributed by atoms with E-state index in [-0.39, 0.29) is 12.0 Å². The van der Waals surface area contributed by atoms with Crippen LogP contribution >= 0.6 is 11.3 Å². The molecule has 0 amide bonds. The second kappa shape index (κ2) is 7.40. The summed E-state index contributed by atoms with van der Waals surface area (Å²) >= 11 is 1.53. The highest BCUT2D eigenvalue weighted by Gasteiger charge is 2.33. The first kappa shape index (κ1) is 18.9. The van der Waals surface area contributed by atoms with E-state index in [2.05, 4.69) is 4.90 Å².